The predicted octanol–water partition coefficient (Wildman–Crippen LogP) is 4.75. The number of rotatable bonds is 2. The Hall–Kier alpha value is -1.31. The fourth-order valence-electron chi connectivity index (χ4n) is 2.66. The molecular formula is C18H26O2. The zero-order valence-electron chi connectivity index (χ0n) is 13.4. The molecule has 20 heavy (non-hydrogen) atoms. The van der Waals surface area contributed by atoms with Crippen LogP contribution >= 0.6 is 0 Å². The van der Waals surface area contributed by atoms with Crippen molar-refractivity contribution in [1.82, 2.24) is 0 Å². The minimum atomic E-state index is -0.339. The molecule has 1 aromatic rings. The molecule has 0 atom stereocenters. The SMILES string of the molecule is CC(C)c1cc(C(=O)C(C)(C)C)cc2c1OCCCC2. The van der Waals surface area contributed by atoms with Crippen molar-refractivity contribution in [2.45, 2.75) is 59.8 Å². The first-order valence-electron chi connectivity index (χ1n) is 7.65. The van der Waals surface area contributed by atoms with Crippen LogP contribution in [0.25, 0.3) is 0 Å². The summed E-state index contributed by atoms with van der Waals surface area (Å²) in [5.41, 5.74) is 2.89. The van der Waals surface area contributed by atoms with Gasteiger partial charge in [0.25, 0.3) is 0 Å². The molecule has 0 spiro atoms. The van der Waals surface area contributed by atoms with Crippen LogP contribution in [-0.4, -0.2) is 12.4 Å². The number of ketones is 1. The summed E-state index contributed by atoms with van der Waals surface area (Å²) in [6, 6.07) is 4.10. The molecule has 2 nitrogen and oxygen atoms in total. The Labute approximate surface area is 122 Å². The van der Waals surface area contributed by atoms with E-state index in [0.29, 0.717) is 5.92 Å². The van der Waals surface area contributed by atoms with Gasteiger partial charge in [0.15, 0.2) is 5.78 Å². The topological polar surface area (TPSA) is 26.3 Å². The second-order valence-corrected chi connectivity index (χ2v) is 7.09. The molecule has 1 aliphatic heterocycles. The Morgan fingerprint density at radius 3 is 2.50 bits per heavy atom. The normalized spacial score (nSPS) is 15.5. The molecule has 2 rings (SSSR count). The lowest BCUT2D eigenvalue weighted by molar-refractivity contribution is 0.0858. The Morgan fingerprint density at radius 2 is 1.90 bits per heavy atom. The van der Waals surface area contributed by atoms with Crippen molar-refractivity contribution in [2.24, 2.45) is 5.41 Å². The molecule has 0 fully saturated rings. The molecule has 1 aliphatic rings. The molecule has 2 heteroatoms. The smallest absolute Gasteiger partial charge is 0.168 e. The average molecular weight is 274 g/mol. The second kappa shape index (κ2) is 5.59. The average Bonchev–Trinajstić information content (AvgIpc) is 2.60. The lowest BCUT2D eigenvalue weighted by Crippen LogP contribution is -2.21. The highest BCUT2D eigenvalue weighted by Crippen LogP contribution is 2.36. The van der Waals surface area contributed by atoms with Crippen LogP contribution in [0.4, 0.5) is 0 Å². The molecule has 110 valence electrons. The van der Waals surface area contributed by atoms with Gasteiger partial charge in [0.1, 0.15) is 5.75 Å². The predicted molar refractivity (Wildman–Crippen MR) is 82.7 cm³/mol. The van der Waals surface area contributed by atoms with Crippen molar-refractivity contribution in [3.8, 4) is 5.75 Å². The summed E-state index contributed by atoms with van der Waals surface area (Å²) in [6.45, 7) is 11.1. The highest BCUT2D eigenvalue weighted by Gasteiger charge is 2.26. The molecule has 0 saturated heterocycles. The summed E-state index contributed by atoms with van der Waals surface area (Å²) < 4.78 is 5.95. The van der Waals surface area contributed by atoms with Crippen LogP contribution in [0.5, 0.6) is 5.75 Å². The van der Waals surface area contributed by atoms with Crippen LogP contribution in [0.15, 0.2) is 12.1 Å². The van der Waals surface area contributed by atoms with Crippen LogP contribution in [0.2, 0.25) is 0 Å². The lowest BCUT2D eigenvalue weighted by Gasteiger charge is -2.21. The molecule has 0 aliphatic carbocycles. The van der Waals surface area contributed by atoms with E-state index in [2.05, 4.69) is 19.9 Å². The zero-order chi connectivity index (χ0) is 14.9. The first-order valence-corrected chi connectivity index (χ1v) is 7.65. The monoisotopic (exact) mass is 274 g/mol. The van der Waals surface area contributed by atoms with Gasteiger partial charge in [-0.1, -0.05) is 34.6 Å². The molecule has 0 unspecified atom stereocenters. The van der Waals surface area contributed by atoms with Crippen LogP contribution in [0.3, 0.4) is 0 Å². The maximum atomic E-state index is 12.6. The van der Waals surface area contributed by atoms with E-state index < -0.39 is 0 Å². The Morgan fingerprint density at radius 1 is 1.20 bits per heavy atom. The number of carbonyl (C=O) groups excluding carboxylic acids is 1. The number of fused-ring (bicyclic) bond motifs is 1. The maximum Gasteiger partial charge on any atom is 0.168 e. The molecule has 0 radical (unpaired) electrons. The van der Waals surface area contributed by atoms with E-state index in [9.17, 15) is 4.79 Å². The van der Waals surface area contributed by atoms with E-state index >= 15 is 0 Å². The number of aryl methyl sites for hydroxylation is 1. The summed E-state index contributed by atoms with van der Waals surface area (Å²) in [7, 11) is 0. The van der Waals surface area contributed by atoms with Gasteiger partial charge in [-0.15, -0.1) is 0 Å². The molecule has 1 heterocycles. The van der Waals surface area contributed by atoms with Crippen LogP contribution in [-0.2, 0) is 6.42 Å². The van der Waals surface area contributed by atoms with Gasteiger partial charge in [-0.3, -0.25) is 4.79 Å². The van der Waals surface area contributed by atoms with Crippen molar-refractivity contribution in [3.05, 3.63) is 28.8 Å². The van der Waals surface area contributed by atoms with E-state index in [1.54, 1.807) is 0 Å². The summed E-state index contributed by atoms with van der Waals surface area (Å²) in [5.74, 6) is 1.61. The van der Waals surface area contributed by atoms with Crippen LogP contribution in [0, 0.1) is 5.41 Å². The van der Waals surface area contributed by atoms with Crippen molar-refractivity contribution in [3.63, 3.8) is 0 Å². The first kappa shape index (κ1) is 15.1. The van der Waals surface area contributed by atoms with E-state index in [-0.39, 0.29) is 11.2 Å². The maximum absolute atomic E-state index is 12.6. The van der Waals surface area contributed by atoms with E-state index in [1.807, 2.05) is 26.8 Å². The largest absolute Gasteiger partial charge is 0.493 e. The first-order chi connectivity index (χ1) is 9.30. The van der Waals surface area contributed by atoms with Gasteiger partial charge >= 0.3 is 0 Å². The van der Waals surface area contributed by atoms with E-state index in [0.717, 1.165) is 37.2 Å². The van der Waals surface area contributed by atoms with Crippen molar-refractivity contribution in [2.75, 3.05) is 6.61 Å². The van der Waals surface area contributed by atoms with Crippen molar-refractivity contribution < 1.29 is 9.53 Å². The summed E-state index contributed by atoms with van der Waals surface area (Å²) in [5, 5.41) is 0. The van der Waals surface area contributed by atoms with Crippen LogP contribution in [0.1, 0.15) is 74.9 Å². The zero-order valence-corrected chi connectivity index (χ0v) is 13.4. The molecule has 0 amide bonds. The number of hydrogen-bond donors (Lipinski definition) is 0. The molecule has 1 aromatic carbocycles. The number of carbonyl (C=O) groups is 1. The third-order valence-electron chi connectivity index (χ3n) is 3.85. The van der Waals surface area contributed by atoms with Gasteiger partial charge in [-0.05, 0) is 48.4 Å². The fourth-order valence-corrected chi connectivity index (χ4v) is 2.66. The fraction of sp³-hybridized carbons (Fsp3) is 0.611. The standard InChI is InChI=1S/C18H26O2/c1-12(2)15-11-14(17(19)18(3,4)5)10-13-8-6-7-9-20-16(13)15/h10-12H,6-9H2,1-5H3. The highest BCUT2D eigenvalue weighted by molar-refractivity contribution is 6.00. The molecule has 0 aromatic heterocycles. The summed E-state index contributed by atoms with van der Waals surface area (Å²) >= 11 is 0. The van der Waals surface area contributed by atoms with E-state index in [1.165, 1.54) is 11.1 Å². The van der Waals surface area contributed by atoms with Crippen LogP contribution < -0.4 is 4.74 Å². The van der Waals surface area contributed by atoms with Gasteiger partial charge in [0.2, 0.25) is 0 Å². The van der Waals surface area contributed by atoms with E-state index in [4.69, 9.17) is 4.74 Å². The molecular weight excluding hydrogens is 248 g/mol. The third kappa shape index (κ3) is 3.05. The minimum absolute atomic E-state index is 0.214. The van der Waals surface area contributed by atoms with Gasteiger partial charge in [0.05, 0.1) is 6.61 Å². The number of ether oxygens (including phenoxy) is 1. The number of Topliss-reactive ketones (excluding diaryl/α,β-unsaturated/α-hetero) is 1. The Balaban J connectivity index is 2.54. The second-order valence-electron chi connectivity index (χ2n) is 7.09. The van der Waals surface area contributed by atoms with Gasteiger partial charge < -0.3 is 4.74 Å². The molecule has 0 saturated carbocycles. The highest BCUT2D eigenvalue weighted by atomic mass is 16.5. The van der Waals surface area contributed by atoms with Gasteiger partial charge in [0, 0.05) is 11.0 Å². The van der Waals surface area contributed by atoms with Gasteiger partial charge in [-0.25, -0.2) is 0 Å². The number of hydrogen-bond acceptors (Lipinski definition) is 2. The number of benzene rings is 1. The Kier molecular flexibility index (Phi) is 4.22. The quantitative estimate of drug-likeness (QED) is 0.727. The molecule has 0 bridgehead atoms. The molecule has 0 N–H and O–H groups in total. The lowest BCUT2D eigenvalue weighted by atomic mass is 9.84. The van der Waals surface area contributed by atoms with Gasteiger partial charge in [-0.2, -0.15) is 0 Å². The minimum Gasteiger partial charge on any atom is -0.493 e. The van der Waals surface area contributed by atoms with Crippen molar-refractivity contribution in [1.29, 1.82) is 0 Å². The third-order valence-corrected chi connectivity index (χ3v) is 3.85. The van der Waals surface area contributed by atoms with Crippen molar-refractivity contribution >= 4 is 5.78 Å². The summed E-state index contributed by atoms with van der Waals surface area (Å²) in [6.07, 6.45) is 3.24. The summed E-state index contributed by atoms with van der Waals surface area (Å²) in [4.78, 5) is 12.6. The Bertz CT molecular complexity index is 507.